The molecule has 1 fully saturated rings. The fourth-order valence-electron chi connectivity index (χ4n) is 4.30. The van der Waals surface area contributed by atoms with Gasteiger partial charge in [0, 0.05) is 43.5 Å². The molecule has 0 atom stereocenters. The van der Waals surface area contributed by atoms with Gasteiger partial charge in [-0.05, 0) is 63.8 Å². The molecule has 0 bridgehead atoms. The van der Waals surface area contributed by atoms with Gasteiger partial charge in [-0.3, -0.25) is 14.4 Å². The lowest BCUT2D eigenvalue weighted by Gasteiger charge is -2.34. The van der Waals surface area contributed by atoms with E-state index in [2.05, 4.69) is 10.4 Å². The second-order valence-electron chi connectivity index (χ2n) is 8.58. The molecule has 1 aromatic heterocycles. The number of benzene rings is 1. The third-order valence-electron chi connectivity index (χ3n) is 5.92. The summed E-state index contributed by atoms with van der Waals surface area (Å²) in [5.74, 6) is -1.67. The Hall–Kier alpha value is -3.23. The Morgan fingerprint density at radius 1 is 0.969 bits per heavy atom. The van der Waals surface area contributed by atoms with Crippen LogP contribution in [0.3, 0.4) is 0 Å². The Bertz CT molecular complexity index is 1020. The number of nitrogens with zero attached hydrogens (tertiary/aromatic N) is 4. The minimum absolute atomic E-state index is 0.114. The van der Waals surface area contributed by atoms with Crippen LogP contribution in [0.1, 0.15) is 48.4 Å². The number of rotatable bonds is 3. The van der Waals surface area contributed by atoms with Crippen molar-refractivity contribution in [3.05, 3.63) is 47.0 Å². The van der Waals surface area contributed by atoms with Crippen molar-refractivity contribution in [2.75, 3.05) is 26.2 Å². The Labute approximate surface area is 186 Å². The molecule has 1 aliphatic heterocycles. The number of aromatic nitrogens is 2. The largest absolute Gasteiger partial charge is 0.346 e. The van der Waals surface area contributed by atoms with Gasteiger partial charge >= 0.3 is 11.8 Å². The minimum atomic E-state index is -0.619. The van der Waals surface area contributed by atoms with Crippen LogP contribution >= 0.6 is 0 Å². The molecule has 1 aromatic carbocycles. The van der Waals surface area contributed by atoms with Crippen LogP contribution < -0.4 is 5.32 Å². The fraction of sp³-hybridized carbons (Fsp3) is 0.478. The third kappa shape index (κ3) is 4.37. The van der Waals surface area contributed by atoms with Crippen molar-refractivity contribution in [3.63, 3.8) is 0 Å². The number of carbonyl (C=O) groups excluding carboxylic acids is 3. The van der Waals surface area contributed by atoms with Gasteiger partial charge in [0.15, 0.2) is 5.69 Å². The molecular formula is C23H28FN5O3. The van der Waals surface area contributed by atoms with E-state index in [1.54, 1.807) is 35.6 Å². The van der Waals surface area contributed by atoms with Crippen molar-refractivity contribution < 1.29 is 18.8 Å². The summed E-state index contributed by atoms with van der Waals surface area (Å²) >= 11 is 0. The first kappa shape index (κ1) is 22.0. The summed E-state index contributed by atoms with van der Waals surface area (Å²) in [6.45, 7) is 4.89. The third-order valence-corrected chi connectivity index (χ3v) is 5.92. The molecule has 2 aliphatic rings. The molecule has 0 unspecified atom stereocenters. The number of piperazine rings is 1. The molecule has 2 heterocycles. The fourth-order valence-corrected chi connectivity index (χ4v) is 4.30. The standard InChI is InChI=1S/C23H28FN5O3/c1-15(2)25-21(30)23(32)28-13-11-27(12-14-28)22(31)20-18-5-3-4-6-19(18)29(26-20)17-9-7-16(24)8-10-17/h7-10,15H,3-6,11-14H2,1-2H3,(H,25,30). The van der Waals surface area contributed by atoms with Crippen LogP contribution in [-0.2, 0) is 22.4 Å². The van der Waals surface area contributed by atoms with Crippen molar-refractivity contribution >= 4 is 17.7 Å². The number of hydrogen-bond donors (Lipinski definition) is 1. The smallest absolute Gasteiger partial charge is 0.312 e. The lowest BCUT2D eigenvalue weighted by molar-refractivity contribution is -0.147. The summed E-state index contributed by atoms with van der Waals surface area (Å²) in [7, 11) is 0. The van der Waals surface area contributed by atoms with E-state index in [1.165, 1.54) is 17.0 Å². The van der Waals surface area contributed by atoms with Gasteiger partial charge in [0.2, 0.25) is 0 Å². The van der Waals surface area contributed by atoms with Crippen LogP contribution in [0.5, 0.6) is 0 Å². The van der Waals surface area contributed by atoms with E-state index < -0.39 is 11.8 Å². The highest BCUT2D eigenvalue weighted by Crippen LogP contribution is 2.28. The van der Waals surface area contributed by atoms with Crippen LogP contribution in [0.25, 0.3) is 5.69 Å². The van der Waals surface area contributed by atoms with Crippen molar-refractivity contribution in [3.8, 4) is 5.69 Å². The molecule has 8 nitrogen and oxygen atoms in total. The molecule has 0 spiro atoms. The predicted octanol–water partition coefficient (Wildman–Crippen LogP) is 1.70. The molecule has 1 N–H and O–H groups in total. The minimum Gasteiger partial charge on any atom is -0.346 e. The van der Waals surface area contributed by atoms with Gasteiger partial charge in [-0.25, -0.2) is 9.07 Å². The number of nitrogens with one attached hydrogen (secondary N) is 1. The van der Waals surface area contributed by atoms with Crippen molar-refractivity contribution in [2.24, 2.45) is 0 Å². The Kier molecular flexibility index (Phi) is 6.25. The SMILES string of the molecule is CC(C)NC(=O)C(=O)N1CCN(C(=O)c2nn(-c3ccc(F)cc3)c3c2CCCC3)CC1. The van der Waals surface area contributed by atoms with Gasteiger partial charge in [-0.15, -0.1) is 0 Å². The van der Waals surface area contributed by atoms with Gasteiger partial charge in [-0.1, -0.05) is 0 Å². The summed E-state index contributed by atoms with van der Waals surface area (Å²) in [6.07, 6.45) is 3.62. The quantitative estimate of drug-likeness (QED) is 0.735. The van der Waals surface area contributed by atoms with Crippen molar-refractivity contribution in [1.82, 2.24) is 24.9 Å². The molecular weight excluding hydrogens is 413 g/mol. The van der Waals surface area contributed by atoms with E-state index in [0.717, 1.165) is 42.6 Å². The average molecular weight is 442 g/mol. The molecule has 1 aliphatic carbocycles. The molecule has 3 amide bonds. The van der Waals surface area contributed by atoms with E-state index in [0.29, 0.717) is 31.9 Å². The first-order valence-electron chi connectivity index (χ1n) is 11.1. The summed E-state index contributed by atoms with van der Waals surface area (Å²) in [5, 5.41) is 7.25. The predicted molar refractivity (Wildman–Crippen MR) is 116 cm³/mol. The van der Waals surface area contributed by atoms with E-state index >= 15 is 0 Å². The normalized spacial score (nSPS) is 16.1. The summed E-state index contributed by atoms with van der Waals surface area (Å²) in [5.41, 5.74) is 3.13. The lowest BCUT2D eigenvalue weighted by Crippen LogP contribution is -2.54. The Morgan fingerprint density at radius 2 is 1.59 bits per heavy atom. The maximum Gasteiger partial charge on any atom is 0.312 e. The van der Waals surface area contributed by atoms with E-state index in [1.807, 2.05) is 0 Å². The number of halogens is 1. The molecule has 170 valence electrons. The second kappa shape index (κ2) is 9.10. The molecule has 32 heavy (non-hydrogen) atoms. The Balaban J connectivity index is 1.50. The zero-order chi connectivity index (χ0) is 22.8. The highest BCUT2D eigenvalue weighted by atomic mass is 19.1. The van der Waals surface area contributed by atoms with Crippen LogP contribution in [-0.4, -0.2) is 69.5 Å². The van der Waals surface area contributed by atoms with Crippen LogP contribution in [0, 0.1) is 5.82 Å². The number of hydrogen-bond acceptors (Lipinski definition) is 4. The first-order chi connectivity index (χ1) is 15.3. The maximum absolute atomic E-state index is 13.4. The zero-order valence-corrected chi connectivity index (χ0v) is 18.4. The first-order valence-corrected chi connectivity index (χ1v) is 11.1. The van der Waals surface area contributed by atoms with Crippen molar-refractivity contribution in [1.29, 1.82) is 0 Å². The van der Waals surface area contributed by atoms with Gasteiger partial charge in [-0.2, -0.15) is 5.10 Å². The van der Waals surface area contributed by atoms with Crippen molar-refractivity contribution in [2.45, 2.75) is 45.6 Å². The molecule has 1 saturated heterocycles. The molecule has 9 heteroatoms. The Morgan fingerprint density at radius 3 is 2.25 bits per heavy atom. The van der Waals surface area contributed by atoms with Gasteiger partial charge in [0.25, 0.3) is 5.91 Å². The van der Waals surface area contributed by atoms with Gasteiger partial charge < -0.3 is 15.1 Å². The van der Waals surface area contributed by atoms with Gasteiger partial charge in [0.1, 0.15) is 5.82 Å². The lowest BCUT2D eigenvalue weighted by atomic mass is 9.95. The summed E-state index contributed by atoms with van der Waals surface area (Å²) in [6, 6.07) is 5.99. The second-order valence-corrected chi connectivity index (χ2v) is 8.58. The number of amides is 3. The molecule has 0 saturated carbocycles. The number of carbonyl (C=O) groups is 3. The van der Waals surface area contributed by atoms with Crippen LogP contribution in [0.4, 0.5) is 4.39 Å². The average Bonchev–Trinajstić information content (AvgIpc) is 3.18. The highest BCUT2D eigenvalue weighted by Gasteiger charge is 2.32. The van der Waals surface area contributed by atoms with Crippen LogP contribution in [0.2, 0.25) is 0 Å². The van der Waals surface area contributed by atoms with E-state index in [4.69, 9.17) is 0 Å². The highest BCUT2D eigenvalue weighted by molar-refractivity contribution is 6.35. The zero-order valence-electron chi connectivity index (χ0n) is 18.4. The van der Waals surface area contributed by atoms with Gasteiger partial charge in [0.05, 0.1) is 5.69 Å². The van der Waals surface area contributed by atoms with E-state index in [-0.39, 0.29) is 17.8 Å². The number of fused-ring (bicyclic) bond motifs is 1. The summed E-state index contributed by atoms with van der Waals surface area (Å²) < 4.78 is 15.1. The molecule has 2 aromatic rings. The molecule has 4 rings (SSSR count). The van der Waals surface area contributed by atoms with Crippen LogP contribution in [0.15, 0.2) is 24.3 Å². The summed E-state index contributed by atoms with van der Waals surface area (Å²) in [4.78, 5) is 40.8. The topological polar surface area (TPSA) is 87.5 Å². The molecule has 0 radical (unpaired) electrons. The monoisotopic (exact) mass is 441 g/mol. The maximum atomic E-state index is 13.4. The van der Waals surface area contributed by atoms with E-state index in [9.17, 15) is 18.8 Å².